The smallest absolute Gasteiger partial charge is 0.268 e. The summed E-state index contributed by atoms with van der Waals surface area (Å²) < 4.78 is 34.6. The average molecular weight is 447 g/mol. The molecule has 1 saturated carbocycles. The van der Waals surface area contributed by atoms with Crippen LogP contribution in [0.15, 0.2) is 78.0 Å². The minimum atomic E-state index is -3.96. The van der Waals surface area contributed by atoms with Crippen molar-refractivity contribution in [2.75, 3.05) is 0 Å². The average Bonchev–Trinajstić information content (AvgIpc) is 3.57. The van der Waals surface area contributed by atoms with E-state index in [0.717, 1.165) is 27.9 Å². The molecule has 0 unspecified atom stereocenters. The van der Waals surface area contributed by atoms with Crippen molar-refractivity contribution in [3.8, 4) is 5.75 Å². The van der Waals surface area contributed by atoms with E-state index in [1.54, 1.807) is 24.4 Å². The summed E-state index contributed by atoms with van der Waals surface area (Å²) >= 11 is 0. The predicted molar refractivity (Wildman–Crippen MR) is 122 cm³/mol. The van der Waals surface area contributed by atoms with Crippen LogP contribution in [-0.4, -0.2) is 23.2 Å². The highest BCUT2D eigenvalue weighted by Crippen LogP contribution is 2.47. The summed E-state index contributed by atoms with van der Waals surface area (Å²) in [5.74, 6) is 0.507. The van der Waals surface area contributed by atoms with Gasteiger partial charge in [-0.15, -0.1) is 0 Å². The number of ketones is 1. The van der Waals surface area contributed by atoms with Crippen molar-refractivity contribution in [1.29, 1.82) is 0 Å². The van der Waals surface area contributed by atoms with Gasteiger partial charge in [-0.2, -0.15) is 0 Å². The van der Waals surface area contributed by atoms with Crippen LogP contribution in [0.2, 0.25) is 0 Å². The lowest BCUT2D eigenvalue weighted by atomic mass is 10.1. The number of fused-ring (bicyclic) bond motifs is 1. The zero-order valence-electron chi connectivity index (χ0n) is 17.6. The van der Waals surface area contributed by atoms with Crippen molar-refractivity contribution in [1.82, 2.24) is 8.96 Å². The second-order valence-corrected chi connectivity index (χ2v) is 9.82. The maximum Gasteiger partial charge on any atom is 0.268 e. The van der Waals surface area contributed by atoms with E-state index in [0.29, 0.717) is 16.8 Å². The van der Waals surface area contributed by atoms with Gasteiger partial charge in [0.2, 0.25) is 0 Å². The number of hydrogen-bond acceptors (Lipinski definition) is 5. The Bertz CT molecular complexity index is 1410. The van der Waals surface area contributed by atoms with E-state index in [2.05, 4.69) is 4.98 Å². The predicted octanol–water partition coefficient (Wildman–Crippen LogP) is 4.93. The number of Topliss-reactive ketones (excluding diaryl/α,β-unsaturated/α-hetero) is 1. The van der Waals surface area contributed by atoms with Crippen molar-refractivity contribution in [3.63, 3.8) is 0 Å². The summed E-state index contributed by atoms with van der Waals surface area (Å²) in [5, 5.41) is 0. The second-order valence-electron chi connectivity index (χ2n) is 8.00. The van der Waals surface area contributed by atoms with Crippen LogP contribution < -0.4 is 4.74 Å². The monoisotopic (exact) mass is 446 g/mol. The van der Waals surface area contributed by atoms with Crippen LogP contribution in [0.3, 0.4) is 0 Å². The third-order valence-electron chi connectivity index (χ3n) is 5.68. The standard InChI is InChI=1S/C25H22N2O4S/c1-17(28)22-15-27(32(29,30)20-10-6-3-7-11-20)24-23(22)26-14-21(19-12-13-19)25(24)31-16-18-8-4-2-5-9-18/h2-11,14-15,19H,12-13,16H2,1H3. The van der Waals surface area contributed by atoms with Crippen LogP contribution in [0.5, 0.6) is 5.75 Å². The fourth-order valence-corrected chi connectivity index (χ4v) is 5.24. The third-order valence-corrected chi connectivity index (χ3v) is 7.35. The van der Waals surface area contributed by atoms with Crippen molar-refractivity contribution < 1.29 is 17.9 Å². The first kappa shape index (κ1) is 20.5. The molecule has 1 fully saturated rings. The molecule has 0 N–H and O–H groups in total. The summed E-state index contributed by atoms with van der Waals surface area (Å²) in [6.07, 6.45) is 5.10. The Morgan fingerprint density at radius 3 is 2.34 bits per heavy atom. The first-order chi connectivity index (χ1) is 15.5. The van der Waals surface area contributed by atoms with Gasteiger partial charge in [0.05, 0.1) is 10.5 Å². The molecule has 6 nitrogen and oxygen atoms in total. The molecule has 7 heteroatoms. The third kappa shape index (κ3) is 3.58. The van der Waals surface area contributed by atoms with Crippen LogP contribution in [0.4, 0.5) is 0 Å². The number of pyridine rings is 1. The zero-order valence-corrected chi connectivity index (χ0v) is 18.4. The number of nitrogens with zero attached hydrogens (tertiary/aromatic N) is 2. The topological polar surface area (TPSA) is 78.3 Å². The molecule has 4 aromatic rings. The van der Waals surface area contributed by atoms with Gasteiger partial charge in [0.25, 0.3) is 10.0 Å². The summed E-state index contributed by atoms with van der Waals surface area (Å²) in [5.41, 5.74) is 2.76. The Kier molecular flexibility index (Phi) is 5.06. The minimum absolute atomic E-state index is 0.137. The van der Waals surface area contributed by atoms with Crippen LogP contribution in [0.1, 0.15) is 47.2 Å². The SMILES string of the molecule is CC(=O)c1cn(S(=O)(=O)c2ccccc2)c2c(OCc3ccccc3)c(C3CC3)cnc12. The Hall–Kier alpha value is -3.45. The Labute approximate surface area is 186 Å². The Morgan fingerprint density at radius 1 is 1.06 bits per heavy atom. The first-order valence-electron chi connectivity index (χ1n) is 10.5. The van der Waals surface area contributed by atoms with E-state index >= 15 is 0 Å². The summed E-state index contributed by atoms with van der Waals surface area (Å²) in [4.78, 5) is 17.0. The highest BCUT2D eigenvalue weighted by atomic mass is 32.2. The molecule has 5 rings (SSSR count). The van der Waals surface area contributed by atoms with Gasteiger partial charge in [-0.25, -0.2) is 12.4 Å². The maximum absolute atomic E-state index is 13.6. The van der Waals surface area contributed by atoms with Gasteiger partial charge >= 0.3 is 0 Å². The minimum Gasteiger partial charge on any atom is -0.486 e. The molecule has 2 aromatic carbocycles. The largest absolute Gasteiger partial charge is 0.486 e. The number of hydrogen-bond donors (Lipinski definition) is 0. The molecule has 0 aliphatic heterocycles. The van der Waals surface area contributed by atoms with Gasteiger partial charge in [-0.05, 0) is 43.4 Å². The van der Waals surface area contributed by atoms with Crippen LogP contribution in [0, 0.1) is 0 Å². The molecule has 162 valence electrons. The molecule has 0 bridgehead atoms. The number of ether oxygens (including phenoxy) is 1. The van der Waals surface area contributed by atoms with Crippen molar-refractivity contribution >= 4 is 26.8 Å². The lowest BCUT2D eigenvalue weighted by Crippen LogP contribution is -2.13. The van der Waals surface area contributed by atoms with Gasteiger partial charge in [-0.1, -0.05) is 48.5 Å². The molecule has 32 heavy (non-hydrogen) atoms. The second kappa shape index (κ2) is 7.91. The molecule has 0 atom stereocenters. The van der Waals surface area contributed by atoms with Crippen molar-refractivity contribution in [3.05, 3.63) is 89.7 Å². The fraction of sp³-hybridized carbons (Fsp3) is 0.200. The summed E-state index contributed by atoms with van der Waals surface area (Å²) in [7, 11) is -3.96. The van der Waals surface area contributed by atoms with Gasteiger partial charge < -0.3 is 4.74 Å². The molecule has 1 aliphatic rings. The van der Waals surface area contributed by atoms with Crippen molar-refractivity contribution in [2.24, 2.45) is 0 Å². The lowest BCUT2D eigenvalue weighted by molar-refractivity contribution is 0.101. The lowest BCUT2D eigenvalue weighted by Gasteiger charge is -2.15. The summed E-state index contributed by atoms with van der Waals surface area (Å²) in [6, 6.07) is 17.9. The van der Waals surface area contributed by atoms with E-state index in [1.165, 1.54) is 25.3 Å². The van der Waals surface area contributed by atoms with E-state index in [1.807, 2.05) is 30.3 Å². The van der Waals surface area contributed by atoms with Crippen LogP contribution in [-0.2, 0) is 16.6 Å². The Morgan fingerprint density at radius 2 is 1.72 bits per heavy atom. The quantitative estimate of drug-likeness (QED) is 0.376. The number of aromatic nitrogens is 2. The molecule has 0 amide bonds. The van der Waals surface area contributed by atoms with E-state index < -0.39 is 10.0 Å². The van der Waals surface area contributed by atoms with E-state index in [9.17, 15) is 13.2 Å². The number of carbonyl (C=O) groups excluding carboxylic acids is 1. The number of benzene rings is 2. The molecular formula is C25H22N2O4S. The molecule has 0 radical (unpaired) electrons. The number of rotatable bonds is 7. The normalized spacial score (nSPS) is 13.9. The molecule has 2 aromatic heterocycles. The summed E-state index contributed by atoms with van der Waals surface area (Å²) in [6.45, 7) is 1.70. The molecule has 1 aliphatic carbocycles. The van der Waals surface area contributed by atoms with Crippen LogP contribution in [0.25, 0.3) is 11.0 Å². The molecule has 0 spiro atoms. The molecule has 2 heterocycles. The van der Waals surface area contributed by atoms with E-state index in [-0.39, 0.29) is 28.8 Å². The molecular weight excluding hydrogens is 424 g/mol. The maximum atomic E-state index is 13.6. The van der Waals surface area contributed by atoms with Gasteiger partial charge in [0.15, 0.2) is 11.5 Å². The highest BCUT2D eigenvalue weighted by molar-refractivity contribution is 7.90. The highest BCUT2D eigenvalue weighted by Gasteiger charge is 2.33. The van der Waals surface area contributed by atoms with Gasteiger partial charge in [-0.3, -0.25) is 9.78 Å². The van der Waals surface area contributed by atoms with E-state index in [4.69, 9.17) is 4.74 Å². The van der Waals surface area contributed by atoms with Crippen molar-refractivity contribution in [2.45, 2.75) is 37.2 Å². The van der Waals surface area contributed by atoms with Crippen LogP contribution >= 0.6 is 0 Å². The van der Waals surface area contributed by atoms with Gasteiger partial charge in [0, 0.05) is 18.0 Å². The molecule has 0 saturated heterocycles. The Balaban J connectivity index is 1.75. The zero-order chi connectivity index (χ0) is 22.3. The first-order valence-corrected chi connectivity index (χ1v) is 11.9. The fourth-order valence-electron chi connectivity index (χ4n) is 3.86. The van der Waals surface area contributed by atoms with Gasteiger partial charge in [0.1, 0.15) is 17.6 Å². The number of carbonyl (C=O) groups is 1.